The van der Waals surface area contributed by atoms with Crippen molar-refractivity contribution in [2.75, 3.05) is 20.1 Å². The number of rotatable bonds is 5. The Morgan fingerprint density at radius 1 is 1.16 bits per heavy atom. The van der Waals surface area contributed by atoms with E-state index in [1.165, 1.54) is 30.3 Å². The van der Waals surface area contributed by atoms with Crippen molar-refractivity contribution >= 4 is 21.0 Å². The minimum Gasteiger partial charge on any atom is -0.423 e. The van der Waals surface area contributed by atoms with Gasteiger partial charge in [0.1, 0.15) is 5.58 Å². The van der Waals surface area contributed by atoms with Gasteiger partial charge in [-0.25, -0.2) is 17.9 Å². The summed E-state index contributed by atoms with van der Waals surface area (Å²) >= 11 is 0. The molecule has 0 aliphatic rings. The first-order valence-corrected chi connectivity index (χ1v) is 7.19. The molecule has 1 aromatic heterocycles. The monoisotopic (exact) mass is 282 g/mol. The zero-order valence-corrected chi connectivity index (χ0v) is 11.2. The number of hydrogen-bond donors (Lipinski definition) is 2. The lowest BCUT2D eigenvalue weighted by molar-refractivity contribution is 0.560. The van der Waals surface area contributed by atoms with Gasteiger partial charge in [0, 0.05) is 24.5 Å². The fraction of sp³-hybridized carbons (Fsp3) is 0.250. The van der Waals surface area contributed by atoms with Gasteiger partial charge in [-0.15, -0.1) is 0 Å². The number of sulfonamides is 1. The Hall–Kier alpha value is -1.70. The van der Waals surface area contributed by atoms with Gasteiger partial charge in [0.15, 0.2) is 0 Å². The van der Waals surface area contributed by atoms with Crippen molar-refractivity contribution in [1.82, 2.24) is 10.0 Å². The number of likely N-dealkylation sites (N-methyl/N-ethyl adjacent to an activating group) is 1. The van der Waals surface area contributed by atoms with E-state index in [-0.39, 0.29) is 4.90 Å². The highest BCUT2D eigenvalue weighted by molar-refractivity contribution is 7.89. The molecule has 2 rings (SSSR count). The third kappa shape index (κ3) is 3.19. The minimum atomic E-state index is -3.54. The second kappa shape index (κ2) is 5.52. The van der Waals surface area contributed by atoms with Crippen LogP contribution in [0, 0.1) is 0 Å². The van der Waals surface area contributed by atoms with Gasteiger partial charge in [0.05, 0.1) is 4.90 Å². The molecular weight excluding hydrogens is 268 g/mol. The summed E-state index contributed by atoms with van der Waals surface area (Å²) in [5.74, 6) is 0. The Bertz CT molecular complexity index is 737. The third-order valence-corrected chi connectivity index (χ3v) is 4.03. The molecule has 0 bridgehead atoms. The van der Waals surface area contributed by atoms with Crippen LogP contribution in [0.25, 0.3) is 11.0 Å². The summed E-state index contributed by atoms with van der Waals surface area (Å²) in [6.45, 7) is 0.850. The van der Waals surface area contributed by atoms with Crippen molar-refractivity contribution in [1.29, 1.82) is 0 Å². The highest BCUT2D eigenvalue weighted by Crippen LogP contribution is 2.17. The van der Waals surface area contributed by atoms with Crippen LogP contribution in [-0.4, -0.2) is 28.6 Å². The van der Waals surface area contributed by atoms with Crippen LogP contribution in [0.4, 0.5) is 0 Å². The molecule has 0 fully saturated rings. The molecular formula is C12H14N2O4S. The largest absolute Gasteiger partial charge is 0.423 e. The van der Waals surface area contributed by atoms with Crippen molar-refractivity contribution in [3.8, 4) is 0 Å². The second-order valence-electron chi connectivity index (χ2n) is 3.96. The van der Waals surface area contributed by atoms with E-state index in [1.54, 1.807) is 7.05 Å². The van der Waals surface area contributed by atoms with Crippen LogP contribution in [-0.2, 0) is 10.0 Å². The second-order valence-corrected chi connectivity index (χ2v) is 5.72. The van der Waals surface area contributed by atoms with Gasteiger partial charge in [0.25, 0.3) is 0 Å². The molecule has 6 nitrogen and oxygen atoms in total. The lowest BCUT2D eigenvalue weighted by atomic mass is 10.2. The molecule has 1 heterocycles. The normalized spacial score (nSPS) is 11.8. The molecule has 2 aromatic rings. The average Bonchev–Trinajstić information content (AvgIpc) is 2.38. The van der Waals surface area contributed by atoms with Crippen molar-refractivity contribution < 1.29 is 12.8 Å². The lowest BCUT2D eigenvalue weighted by Crippen LogP contribution is -2.30. The predicted molar refractivity (Wildman–Crippen MR) is 71.6 cm³/mol. The summed E-state index contributed by atoms with van der Waals surface area (Å²) < 4.78 is 31.4. The number of fused-ring (bicyclic) bond motifs is 1. The first kappa shape index (κ1) is 13.7. The van der Waals surface area contributed by atoms with Gasteiger partial charge >= 0.3 is 5.63 Å². The molecule has 1 aromatic carbocycles. The summed E-state index contributed by atoms with van der Waals surface area (Å²) in [6, 6.07) is 7.15. The van der Waals surface area contributed by atoms with Crippen LogP contribution in [0.15, 0.2) is 44.4 Å². The Kier molecular flexibility index (Phi) is 3.98. The molecule has 19 heavy (non-hydrogen) atoms. The van der Waals surface area contributed by atoms with Crippen LogP contribution in [0.2, 0.25) is 0 Å². The maximum absolute atomic E-state index is 12.0. The predicted octanol–water partition coefficient (Wildman–Crippen LogP) is 0.291. The van der Waals surface area contributed by atoms with E-state index in [1.807, 2.05) is 0 Å². The fourth-order valence-corrected chi connectivity index (χ4v) is 2.68. The van der Waals surface area contributed by atoms with Crippen LogP contribution in [0.5, 0.6) is 0 Å². The summed E-state index contributed by atoms with van der Waals surface area (Å²) in [5.41, 5.74) is -0.100. The van der Waals surface area contributed by atoms with Crippen molar-refractivity contribution in [2.24, 2.45) is 0 Å². The highest BCUT2D eigenvalue weighted by atomic mass is 32.2. The maximum Gasteiger partial charge on any atom is 0.336 e. The van der Waals surface area contributed by atoms with Gasteiger partial charge in [0.2, 0.25) is 10.0 Å². The molecule has 0 aliphatic heterocycles. The lowest BCUT2D eigenvalue weighted by Gasteiger charge is -2.07. The molecule has 2 N–H and O–H groups in total. The van der Waals surface area contributed by atoms with E-state index >= 15 is 0 Å². The van der Waals surface area contributed by atoms with Crippen molar-refractivity contribution in [3.63, 3.8) is 0 Å². The van der Waals surface area contributed by atoms with E-state index in [9.17, 15) is 13.2 Å². The quantitative estimate of drug-likeness (QED) is 0.608. The SMILES string of the molecule is CNCCNS(=O)(=O)c1ccc2oc(=O)ccc2c1. The third-order valence-electron chi connectivity index (χ3n) is 2.57. The molecule has 0 aliphatic carbocycles. The van der Waals surface area contributed by atoms with Gasteiger partial charge in [-0.1, -0.05) is 0 Å². The fourth-order valence-electron chi connectivity index (χ4n) is 1.61. The average molecular weight is 282 g/mol. The summed E-state index contributed by atoms with van der Waals surface area (Å²) in [5, 5.41) is 3.42. The van der Waals surface area contributed by atoms with Crippen LogP contribution < -0.4 is 15.7 Å². The number of benzene rings is 1. The van der Waals surface area contributed by atoms with E-state index in [0.717, 1.165) is 0 Å². The van der Waals surface area contributed by atoms with Gasteiger partial charge < -0.3 is 9.73 Å². The van der Waals surface area contributed by atoms with E-state index in [2.05, 4.69) is 10.0 Å². The molecule has 0 unspecified atom stereocenters. The molecule has 0 radical (unpaired) electrons. The maximum atomic E-state index is 12.0. The molecule has 102 valence electrons. The Morgan fingerprint density at radius 3 is 2.68 bits per heavy atom. The molecule has 0 saturated carbocycles. The van der Waals surface area contributed by atoms with Crippen molar-refractivity contribution in [2.45, 2.75) is 4.90 Å². The first-order valence-electron chi connectivity index (χ1n) is 5.71. The van der Waals surface area contributed by atoms with Crippen LogP contribution >= 0.6 is 0 Å². The standard InChI is InChI=1S/C12H14N2O4S/c1-13-6-7-14-19(16,17)10-3-4-11-9(8-10)2-5-12(15)18-11/h2-5,8,13-14H,6-7H2,1H3. The summed E-state index contributed by atoms with van der Waals surface area (Å²) in [4.78, 5) is 11.2. The van der Waals surface area contributed by atoms with E-state index in [0.29, 0.717) is 24.1 Å². The first-order chi connectivity index (χ1) is 9.03. The number of hydrogen-bond acceptors (Lipinski definition) is 5. The van der Waals surface area contributed by atoms with Crippen LogP contribution in [0.3, 0.4) is 0 Å². The molecule has 0 saturated heterocycles. The zero-order valence-electron chi connectivity index (χ0n) is 10.3. The summed E-state index contributed by atoms with van der Waals surface area (Å²) in [6.07, 6.45) is 0. The van der Waals surface area contributed by atoms with Crippen LogP contribution in [0.1, 0.15) is 0 Å². The molecule has 0 amide bonds. The Labute approximate surface area is 110 Å². The summed E-state index contributed by atoms with van der Waals surface area (Å²) in [7, 11) is -1.80. The number of nitrogens with one attached hydrogen (secondary N) is 2. The van der Waals surface area contributed by atoms with Gasteiger partial charge in [-0.2, -0.15) is 0 Å². The van der Waals surface area contributed by atoms with Crippen molar-refractivity contribution in [3.05, 3.63) is 40.8 Å². The zero-order chi connectivity index (χ0) is 13.9. The van der Waals surface area contributed by atoms with Gasteiger partial charge in [-0.05, 0) is 31.3 Å². The topological polar surface area (TPSA) is 88.4 Å². The molecule has 0 spiro atoms. The minimum absolute atomic E-state index is 0.143. The Balaban J connectivity index is 2.35. The smallest absolute Gasteiger partial charge is 0.336 e. The van der Waals surface area contributed by atoms with E-state index < -0.39 is 15.6 Å². The molecule has 0 atom stereocenters. The Morgan fingerprint density at radius 2 is 1.95 bits per heavy atom. The van der Waals surface area contributed by atoms with E-state index in [4.69, 9.17) is 4.42 Å². The highest BCUT2D eigenvalue weighted by Gasteiger charge is 2.13. The molecule has 7 heteroatoms. The van der Waals surface area contributed by atoms with Gasteiger partial charge in [-0.3, -0.25) is 0 Å².